The van der Waals surface area contributed by atoms with Gasteiger partial charge in [0.2, 0.25) is 11.8 Å². The summed E-state index contributed by atoms with van der Waals surface area (Å²) in [6.07, 6.45) is 0.854. The van der Waals surface area contributed by atoms with E-state index in [1.807, 2.05) is 24.4 Å². The van der Waals surface area contributed by atoms with Crippen molar-refractivity contribution < 1.29 is 9.59 Å². The van der Waals surface area contributed by atoms with Gasteiger partial charge in [0, 0.05) is 4.88 Å². The summed E-state index contributed by atoms with van der Waals surface area (Å²) < 4.78 is 0. The molecule has 1 aromatic rings. The standard InChI is InChI=1S/C11H16N2O2S2/c1-2-8(9-4-3-5-17-9)13-11(15)7-16-6-10(12)14/h3-5,8H,2,6-7H2,1H3,(H2,12,14)(H,13,15)/t8-/m0/s1. The average molecular weight is 272 g/mol. The van der Waals surface area contributed by atoms with Crippen LogP contribution in [0, 0.1) is 0 Å². The molecule has 1 atom stereocenters. The summed E-state index contributed by atoms with van der Waals surface area (Å²) in [5.74, 6) is -0.00167. The molecule has 0 aliphatic heterocycles. The van der Waals surface area contributed by atoms with Gasteiger partial charge in [-0.3, -0.25) is 9.59 Å². The predicted molar refractivity (Wildman–Crippen MR) is 72.0 cm³/mol. The van der Waals surface area contributed by atoms with E-state index in [4.69, 9.17) is 5.73 Å². The Bertz CT molecular complexity index is 366. The minimum atomic E-state index is -0.395. The highest BCUT2D eigenvalue weighted by Gasteiger charge is 2.13. The minimum absolute atomic E-state index is 0.0588. The molecule has 1 aromatic heterocycles. The molecule has 1 rings (SSSR count). The van der Waals surface area contributed by atoms with Crippen molar-refractivity contribution in [2.75, 3.05) is 11.5 Å². The second-order valence-electron chi connectivity index (χ2n) is 3.50. The van der Waals surface area contributed by atoms with Gasteiger partial charge < -0.3 is 11.1 Å². The molecule has 0 aliphatic rings. The van der Waals surface area contributed by atoms with E-state index in [-0.39, 0.29) is 23.5 Å². The van der Waals surface area contributed by atoms with Crippen LogP contribution in [0.1, 0.15) is 24.3 Å². The highest BCUT2D eigenvalue weighted by Crippen LogP contribution is 2.21. The Hall–Kier alpha value is -1.01. The third-order valence-corrected chi connectivity index (χ3v) is 4.05. The Morgan fingerprint density at radius 3 is 2.82 bits per heavy atom. The van der Waals surface area contributed by atoms with Crippen LogP contribution in [0.3, 0.4) is 0 Å². The van der Waals surface area contributed by atoms with Crippen molar-refractivity contribution in [2.45, 2.75) is 19.4 Å². The SMILES string of the molecule is CC[C@H](NC(=O)CSCC(N)=O)c1cccs1. The quantitative estimate of drug-likeness (QED) is 0.790. The van der Waals surface area contributed by atoms with Crippen LogP contribution in [0.2, 0.25) is 0 Å². The number of nitrogens with two attached hydrogens (primary N) is 1. The number of hydrogen-bond donors (Lipinski definition) is 2. The minimum Gasteiger partial charge on any atom is -0.369 e. The van der Waals surface area contributed by atoms with E-state index in [9.17, 15) is 9.59 Å². The molecule has 0 fully saturated rings. The van der Waals surface area contributed by atoms with Crippen LogP contribution < -0.4 is 11.1 Å². The molecule has 1 heterocycles. The highest BCUT2D eigenvalue weighted by molar-refractivity contribution is 8.00. The molecule has 0 saturated heterocycles. The fraction of sp³-hybridized carbons (Fsp3) is 0.455. The fourth-order valence-corrected chi connectivity index (χ4v) is 2.78. The second-order valence-corrected chi connectivity index (χ2v) is 5.47. The first-order valence-electron chi connectivity index (χ1n) is 5.32. The van der Waals surface area contributed by atoms with Gasteiger partial charge in [-0.05, 0) is 17.9 Å². The Kier molecular flexibility index (Phi) is 6.07. The normalized spacial score (nSPS) is 12.1. The van der Waals surface area contributed by atoms with Gasteiger partial charge in [0.1, 0.15) is 0 Å². The van der Waals surface area contributed by atoms with Gasteiger partial charge in [-0.15, -0.1) is 23.1 Å². The number of amides is 2. The molecule has 0 aliphatic carbocycles. The number of carbonyl (C=O) groups is 2. The van der Waals surface area contributed by atoms with E-state index >= 15 is 0 Å². The molecule has 0 spiro atoms. The number of primary amides is 1. The maximum absolute atomic E-state index is 11.6. The van der Waals surface area contributed by atoms with Crippen molar-refractivity contribution in [3.63, 3.8) is 0 Å². The van der Waals surface area contributed by atoms with E-state index in [1.54, 1.807) is 11.3 Å². The van der Waals surface area contributed by atoms with Crippen LogP contribution in [-0.2, 0) is 9.59 Å². The van der Waals surface area contributed by atoms with Crippen molar-refractivity contribution in [2.24, 2.45) is 5.73 Å². The molecule has 6 heteroatoms. The Morgan fingerprint density at radius 2 is 2.29 bits per heavy atom. The summed E-state index contributed by atoms with van der Waals surface area (Å²) in [5.41, 5.74) is 4.99. The van der Waals surface area contributed by atoms with Crippen molar-refractivity contribution in [3.8, 4) is 0 Å². The van der Waals surface area contributed by atoms with Crippen LogP contribution in [0.25, 0.3) is 0 Å². The maximum Gasteiger partial charge on any atom is 0.230 e. The summed E-state index contributed by atoms with van der Waals surface area (Å²) in [7, 11) is 0. The van der Waals surface area contributed by atoms with Crippen LogP contribution in [-0.4, -0.2) is 23.3 Å². The van der Waals surface area contributed by atoms with Gasteiger partial charge in [0.25, 0.3) is 0 Å². The molecule has 17 heavy (non-hydrogen) atoms. The van der Waals surface area contributed by atoms with Crippen molar-refractivity contribution >= 4 is 34.9 Å². The van der Waals surface area contributed by atoms with Crippen molar-refractivity contribution in [1.29, 1.82) is 0 Å². The first kappa shape index (κ1) is 14.1. The van der Waals surface area contributed by atoms with E-state index in [0.29, 0.717) is 0 Å². The summed E-state index contributed by atoms with van der Waals surface area (Å²) >= 11 is 2.87. The van der Waals surface area contributed by atoms with Crippen molar-refractivity contribution in [3.05, 3.63) is 22.4 Å². The molecular formula is C11H16N2O2S2. The van der Waals surface area contributed by atoms with Crippen LogP contribution in [0.5, 0.6) is 0 Å². The number of nitrogens with one attached hydrogen (secondary N) is 1. The van der Waals surface area contributed by atoms with Crippen molar-refractivity contribution in [1.82, 2.24) is 5.32 Å². The zero-order chi connectivity index (χ0) is 12.7. The second kappa shape index (κ2) is 7.34. The third-order valence-electron chi connectivity index (χ3n) is 2.11. The van der Waals surface area contributed by atoms with Gasteiger partial charge in [0.15, 0.2) is 0 Å². The van der Waals surface area contributed by atoms with Gasteiger partial charge in [-0.25, -0.2) is 0 Å². The lowest BCUT2D eigenvalue weighted by Gasteiger charge is -2.15. The number of carbonyl (C=O) groups excluding carboxylic acids is 2. The summed E-state index contributed by atoms with van der Waals surface area (Å²) in [6.45, 7) is 2.03. The van der Waals surface area contributed by atoms with Crippen LogP contribution in [0.4, 0.5) is 0 Å². The van der Waals surface area contributed by atoms with Gasteiger partial charge in [-0.2, -0.15) is 0 Å². The topological polar surface area (TPSA) is 72.2 Å². The van der Waals surface area contributed by atoms with Crippen LogP contribution in [0.15, 0.2) is 17.5 Å². The summed E-state index contributed by atoms with van der Waals surface area (Å²) in [4.78, 5) is 23.3. The summed E-state index contributed by atoms with van der Waals surface area (Å²) in [5, 5.41) is 4.93. The lowest BCUT2D eigenvalue weighted by Crippen LogP contribution is -2.29. The summed E-state index contributed by atoms with van der Waals surface area (Å²) in [6, 6.07) is 4.04. The third kappa shape index (κ3) is 5.23. The lowest BCUT2D eigenvalue weighted by molar-refractivity contribution is -0.119. The van der Waals surface area contributed by atoms with E-state index in [0.717, 1.165) is 11.3 Å². The van der Waals surface area contributed by atoms with E-state index < -0.39 is 5.91 Å². The molecule has 0 saturated carbocycles. The smallest absolute Gasteiger partial charge is 0.230 e. The zero-order valence-corrected chi connectivity index (χ0v) is 11.3. The number of thiophene rings is 1. The molecule has 2 amide bonds. The van der Waals surface area contributed by atoms with Gasteiger partial charge in [0.05, 0.1) is 17.5 Å². The lowest BCUT2D eigenvalue weighted by atomic mass is 10.2. The Balaban J connectivity index is 2.36. The van der Waals surface area contributed by atoms with E-state index in [1.165, 1.54) is 11.8 Å². The van der Waals surface area contributed by atoms with Crippen LogP contribution >= 0.6 is 23.1 Å². The maximum atomic E-state index is 11.6. The largest absolute Gasteiger partial charge is 0.369 e. The van der Waals surface area contributed by atoms with E-state index in [2.05, 4.69) is 5.32 Å². The van der Waals surface area contributed by atoms with Gasteiger partial charge >= 0.3 is 0 Å². The number of hydrogen-bond acceptors (Lipinski definition) is 4. The Labute approximate surface area is 109 Å². The predicted octanol–water partition coefficient (Wildman–Crippen LogP) is 1.53. The molecule has 94 valence electrons. The molecule has 0 radical (unpaired) electrons. The molecule has 4 nitrogen and oxygen atoms in total. The number of thioether (sulfide) groups is 1. The van der Waals surface area contributed by atoms with Gasteiger partial charge in [-0.1, -0.05) is 13.0 Å². The zero-order valence-electron chi connectivity index (χ0n) is 9.64. The highest BCUT2D eigenvalue weighted by atomic mass is 32.2. The molecule has 3 N–H and O–H groups in total. The first-order chi connectivity index (χ1) is 8.13. The molecule has 0 bridgehead atoms. The fourth-order valence-electron chi connectivity index (χ4n) is 1.34. The monoisotopic (exact) mass is 272 g/mol. The molecule has 0 aromatic carbocycles. The number of rotatable bonds is 7. The molecular weight excluding hydrogens is 256 g/mol. The average Bonchev–Trinajstić information content (AvgIpc) is 2.78. The Morgan fingerprint density at radius 1 is 1.53 bits per heavy atom. The first-order valence-corrected chi connectivity index (χ1v) is 7.35. The molecule has 0 unspecified atom stereocenters.